The number of likely N-dealkylation sites (tertiary alicyclic amines) is 1. The maximum Gasteiger partial charge on any atom is 0.0247 e. The largest absolute Gasteiger partial charge is 0.316 e. The van der Waals surface area contributed by atoms with Gasteiger partial charge in [0.25, 0.3) is 0 Å². The van der Waals surface area contributed by atoms with Crippen molar-refractivity contribution in [3.05, 3.63) is 33.8 Å². The fourth-order valence-corrected chi connectivity index (χ4v) is 3.71. The smallest absolute Gasteiger partial charge is 0.0247 e. The molecule has 1 atom stereocenters. The van der Waals surface area contributed by atoms with Crippen LogP contribution in [0.25, 0.3) is 0 Å². The zero-order chi connectivity index (χ0) is 14.4. The van der Waals surface area contributed by atoms with Crippen molar-refractivity contribution < 1.29 is 0 Å². The Labute approximate surface area is 132 Å². The van der Waals surface area contributed by atoms with Gasteiger partial charge in [-0.1, -0.05) is 47.8 Å². The summed E-state index contributed by atoms with van der Waals surface area (Å²) < 4.78 is 1.25. The summed E-state index contributed by atoms with van der Waals surface area (Å²) in [5, 5.41) is 3.21. The summed E-state index contributed by atoms with van der Waals surface area (Å²) in [5.41, 5.74) is 2.76. The summed E-state index contributed by atoms with van der Waals surface area (Å²) >= 11 is 3.75. The fraction of sp³-hybridized carbons (Fsp3) is 0.647. The Morgan fingerprint density at radius 1 is 1.30 bits per heavy atom. The van der Waals surface area contributed by atoms with E-state index in [9.17, 15) is 0 Å². The molecular formula is C17H27BrN2. The van der Waals surface area contributed by atoms with Crippen molar-refractivity contribution in [1.82, 2.24) is 10.2 Å². The van der Waals surface area contributed by atoms with E-state index in [1.807, 2.05) is 7.05 Å². The van der Waals surface area contributed by atoms with Crippen molar-refractivity contribution in [2.75, 3.05) is 13.6 Å². The van der Waals surface area contributed by atoms with Crippen LogP contribution in [0.1, 0.15) is 50.2 Å². The van der Waals surface area contributed by atoms with Gasteiger partial charge in [0.15, 0.2) is 0 Å². The minimum atomic E-state index is 0.765. The lowest BCUT2D eigenvalue weighted by Gasteiger charge is -2.29. The van der Waals surface area contributed by atoms with Gasteiger partial charge in [-0.25, -0.2) is 0 Å². The summed E-state index contributed by atoms with van der Waals surface area (Å²) in [4.78, 5) is 2.69. The molecule has 0 radical (unpaired) electrons. The van der Waals surface area contributed by atoms with Crippen molar-refractivity contribution in [2.24, 2.45) is 0 Å². The van der Waals surface area contributed by atoms with Crippen LogP contribution >= 0.6 is 15.9 Å². The topological polar surface area (TPSA) is 15.3 Å². The lowest BCUT2D eigenvalue weighted by molar-refractivity contribution is 0.186. The molecule has 20 heavy (non-hydrogen) atoms. The number of nitrogens with zero attached hydrogens (tertiary/aromatic N) is 1. The van der Waals surface area contributed by atoms with Gasteiger partial charge in [-0.3, -0.25) is 4.90 Å². The SMILES string of the molecule is CCC1CCCCCN1Cc1ccc(CNC)cc1Br. The zero-order valence-electron chi connectivity index (χ0n) is 12.8. The van der Waals surface area contributed by atoms with Gasteiger partial charge in [0, 0.05) is 23.6 Å². The molecule has 0 bridgehead atoms. The lowest BCUT2D eigenvalue weighted by Crippen LogP contribution is -2.33. The molecule has 0 amide bonds. The van der Waals surface area contributed by atoms with Crippen molar-refractivity contribution in [3.8, 4) is 0 Å². The Morgan fingerprint density at radius 3 is 2.85 bits per heavy atom. The second-order valence-electron chi connectivity index (χ2n) is 5.84. The highest BCUT2D eigenvalue weighted by atomic mass is 79.9. The summed E-state index contributed by atoms with van der Waals surface area (Å²) in [6.07, 6.45) is 6.79. The van der Waals surface area contributed by atoms with Crippen LogP contribution in [0.4, 0.5) is 0 Å². The van der Waals surface area contributed by atoms with Crippen LogP contribution in [0, 0.1) is 0 Å². The Morgan fingerprint density at radius 2 is 2.15 bits per heavy atom. The van der Waals surface area contributed by atoms with Gasteiger partial charge < -0.3 is 5.32 Å². The highest BCUT2D eigenvalue weighted by Gasteiger charge is 2.20. The van der Waals surface area contributed by atoms with Crippen molar-refractivity contribution in [1.29, 1.82) is 0 Å². The van der Waals surface area contributed by atoms with Gasteiger partial charge in [0.1, 0.15) is 0 Å². The van der Waals surface area contributed by atoms with Crippen LogP contribution in [0.3, 0.4) is 0 Å². The molecule has 1 heterocycles. The van der Waals surface area contributed by atoms with Crippen molar-refractivity contribution in [2.45, 2.75) is 58.2 Å². The molecule has 3 heteroatoms. The van der Waals surface area contributed by atoms with E-state index in [1.54, 1.807) is 0 Å². The molecule has 0 saturated carbocycles. The summed E-state index contributed by atoms with van der Waals surface area (Å²) in [5.74, 6) is 0. The Kier molecular flexibility index (Phi) is 6.53. The maximum atomic E-state index is 3.75. The number of rotatable bonds is 5. The van der Waals surface area contributed by atoms with E-state index in [0.29, 0.717) is 0 Å². The molecule has 1 aromatic carbocycles. The summed E-state index contributed by atoms with van der Waals surface area (Å²) in [6, 6.07) is 7.55. The first kappa shape index (κ1) is 16.0. The van der Waals surface area contributed by atoms with E-state index in [-0.39, 0.29) is 0 Å². The molecule has 2 rings (SSSR count). The first-order valence-corrected chi connectivity index (χ1v) is 8.69. The number of benzene rings is 1. The van der Waals surface area contributed by atoms with Crippen LogP contribution in [-0.2, 0) is 13.1 Å². The third-order valence-electron chi connectivity index (χ3n) is 4.34. The molecule has 1 fully saturated rings. The van der Waals surface area contributed by atoms with Crippen LogP contribution in [0.5, 0.6) is 0 Å². The Bertz CT molecular complexity index is 419. The van der Waals surface area contributed by atoms with Gasteiger partial charge in [-0.05, 0) is 50.0 Å². The van der Waals surface area contributed by atoms with Crippen LogP contribution in [-0.4, -0.2) is 24.5 Å². The standard InChI is InChI=1S/C17H27BrN2/c1-3-16-7-5-4-6-10-20(16)13-15-9-8-14(12-19-2)11-17(15)18/h8-9,11,16,19H,3-7,10,12-13H2,1-2H3. The first-order valence-electron chi connectivity index (χ1n) is 7.90. The lowest BCUT2D eigenvalue weighted by atomic mass is 10.1. The monoisotopic (exact) mass is 338 g/mol. The molecule has 0 spiro atoms. The van der Waals surface area contributed by atoms with E-state index in [1.165, 1.54) is 54.2 Å². The predicted octanol–water partition coefficient (Wildman–Crippen LogP) is 4.32. The van der Waals surface area contributed by atoms with E-state index >= 15 is 0 Å². The minimum Gasteiger partial charge on any atom is -0.316 e. The maximum absolute atomic E-state index is 3.75. The summed E-state index contributed by atoms with van der Waals surface area (Å²) in [7, 11) is 1.99. The number of hydrogen-bond donors (Lipinski definition) is 1. The second-order valence-corrected chi connectivity index (χ2v) is 6.69. The highest BCUT2D eigenvalue weighted by molar-refractivity contribution is 9.10. The third-order valence-corrected chi connectivity index (χ3v) is 5.08. The van der Waals surface area contributed by atoms with Gasteiger partial charge in [0.05, 0.1) is 0 Å². The zero-order valence-corrected chi connectivity index (χ0v) is 14.4. The van der Waals surface area contributed by atoms with E-state index < -0.39 is 0 Å². The molecule has 1 aliphatic rings. The van der Waals surface area contributed by atoms with Gasteiger partial charge in [0.2, 0.25) is 0 Å². The fourth-order valence-electron chi connectivity index (χ4n) is 3.16. The highest BCUT2D eigenvalue weighted by Crippen LogP contribution is 2.25. The minimum absolute atomic E-state index is 0.765. The molecule has 1 N–H and O–H groups in total. The average Bonchev–Trinajstić information content (AvgIpc) is 2.67. The van der Waals surface area contributed by atoms with Gasteiger partial charge in [-0.15, -0.1) is 0 Å². The number of halogens is 1. The van der Waals surface area contributed by atoms with Gasteiger partial charge in [-0.2, -0.15) is 0 Å². The predicted molar refractivity (Wildman–Crippen MR) is 89.9 cm³/mol. The molecule has 1 unspecified atom stereocenters. The normalized spacial score (nSPS) is 20.9. The van der Waals surface area contributed by atoms with E-state index in [0.717, 1.165) is 19.1 Å². The molecular weight excluding hydrogens is 312 g/mol. The molecule has 112 valence electrons. The number of nitrogens with one attached hydrogen (secondary N) is 1. The third kappa shape index (κ3) is 4.31. The number of hydrogen-bond acceptors (Lipinski definition) is 2. The van der Waals surface area contributed by atoms with Gasteiger partial charge >= 0.3 is 0 Å². The van der Waals surface area contributed by atoms with E-state index in [4.69, 9.17) is 0 Å². The average molecular weight is 339 g/mol. The molecule has 1 saturated heterocycles. The quantitative estimate of drug-likeness (QED) is 0.859. The van der Waals surface area contributed by atoms with Crippen LogP contribution < -0.4 is 5.32 Å². The molecule has 0 aromatic heterocycles. The van der Waals surface area contributed by atoms with Crippen molar-refractivity contribution >= 4 is 15.9 Å². The van der Waals surface area contributed by atoms with Crippen LogP contribution in [0.15, 0.2) is 22.7 Å². The molecule has 1 aliphatic heterocycles. The van der Waals surface area contributed by atoms with Crippen LogP contribution in [0.2, 0.25) is 0 Å². The first-order chi connectivity index (χ1) is 9.74. The Hall–Kier alpha value is -0.380. The molecule has 0 aliphatic carbocycles. The van der Waals surface area contributed by atoms with Crippen molar-refractivity contribution in [3.63, 3.8) is 0 Å². The summed E-state index contributed by atoms with van der Waals surface area (Å²) in [6.45, 7) is 5.59. The van der Waals surface area contributed by atoms with E-state index in [2.05, 4.69) is 51.3 Å². The molecule has 1 aromatic rings. The Balaban J connectivity index is 2.07. The molecule has 2 nitrogen and oxygen atoms in total. The second kappa shape index (κ2) is 8.16.